The molecule has 106 valence electrons. The minimum atomic E-state index is -0.772. The first-order valence-corrected chi connectivity index (χ1v) is 6.26. The number of anilines is 1. The number of hydrazone groups is 1. The van der Waals surface area contributed by atoms with E-state index in [-0.39, 0.29) is 12.3 Å². The van der Waals surface area contributed by atoms with Gasteiger partial charge < -0.3 is 4.74 Å². The molecule has 0 atom stereocenters. The van der Waals surface area contributed by atoms with Gasteiger partial charge in [-0.15, -0.1) is 0 Å². The van der Waals surface area contributed by atoms with Crippen molar-refractivity contribution in [3.63, 3.8) is 0 Å². The number of aromatic nitrogens is 2. The van der Waals surface area contributed by atoms with Crippen molar-refractivity contribution in [1.29, 1.82) is 5.26 Å². The van der Waals surface area contributed by atoms with Gasteiger partial charge in [0.1, 0.15) is 6.07 Å². The highest BCUT2D eigenvalue weighted by Gasteiger charge is 2.12. The topological polar surface area (TPSA) is 103 Å². The quantitative estimate of drug-likeness (QED) is 0.496. The molecule has 0 aliphatic heterocycles. The average molecular weight is 283 g/mol. The maximum atomic E-state index is 11.4. The van der Waals surface area contributed by atoms with Crippen LogP contribution in [0.25, 0.3) is 11.3 Å². The summed E-state index contributed by atoms with van der Waals surface area (Å²) in [4.78, 5) is 11.4. The standard InChI is InChI=1S/C14H13N5O2/c1-2-21-14(20)12(9-15)17-19-13-8-11(16-18-13)10-6-4-3-5-7-10/h3-8H,2H2,1H3,(H2,16,18,19). The molecule has 0 aliphatic rings. The van der Waals surface area contributed by atoms with Crippen molar-refractivity contribution in [2.24, 2.45) is 5.10 Å². The third-order valence-electron chi connectivity index (χ3n) is 2.52. The monoisotopic (exact) mass is 283 g/mol. The summed E-state index contributed by atoms with van der Waals surface area (Å²) in [6.45, 7) is 1.83. The summed E-state index contributed by atoms with van der Waals surface area (Å²) >= 11 is 0. The SMILES string of the molecule is CCOC(=O)C(C#N)=NNc1cc(-c2ccccc2)[nH]n1. The predicted molar refractivity (Wildman–Crippen MR) is 77.3 cm³/mol. The van der Waals surface area contributed by atoms with E-state index < -0.39 is 5.97 Å². The zero-order chi connectivity index (χ0) is 15.1. The number of esters is 1. The Kier molecular flexibility index (Phi) is 4.66. The number of aromatic amines is 1. The van der Waals surface area contributed by atoms with E-state index in [9.17, 15) is 4.79 Å². The Morgan fingerprint density at radius 1 is 1.48 bits per heavy atom. The van der Waals surface area contributed by atoms with Gasteiger partial charge >= 0.3 is 5.97 Å². The van der Waals surface area contributed by atoms with Gasteiger partial charge in [-0.1, -0.05) is 30.3 Å². The van der Waals surface area contributed by atoms with Gasteiger partial charge in [-0.2, -0.15) is 15.5 Å². The van der Waals surface area contributed by atoms with Gasteiger partial charge in [-0.25, -0.2) is 4.79 Å². The fourth-order valence-electron chi connectivity index (χ4n) is 1.57. The summed E-state index contributed by atoms with van der Waals surface area (Å²) in [6.07, 6.45) is 0. The van der Waals surface area contributed by atoms with Gasteiger partial charge in [-0.3, -0.25) is 10.5 Å². The van der Waals surface area contributed by atoms with Crippen LogP contribution in [-0.4, -0.2) is 28.5 Å². The fourth-order valence-corrected chi connectivity index (χ4v) is 1.57. The molecule has 0 saturated heterocycles. The lowest BCUT2D eigenvalue weighted by Gasteiger charge is -1.98. The molecule has 0 saturated carbocycles. The molecule has 0 fully saturated rings. The van der Waals surface area contributed by atoms with Gasteiger partial charge in [0.05, 0.1) is 12.3 Å². The number of benzene rings is 1. The molecule has 1 aromatic heterocycles. The second-order valence-corrected chi connectivity index (χ2v) is 3.94. The largest absolute Gasteiger partial charge is 0.461 e. The highest BCUT2D eigenvalue weighted by atomic mass is 16.5. The number of H-pyrrole nitrogens is 1. The number of rotatable bonds is 5. The molecule has 1 heterocycles. The first-order chi connectivity index (χ1) is 10.2. The van der Waals surface area contributed by atoms with E-state index in [0.29, 0.717) is 5.82 Å². The Balaban J connectivity index is 2.09. The Labute approximate surface area is 121 Å². The molecule has 0 bridgehead atoms. The average Bonchev–Trinajstić information content (AvgIpc) is 2.98. The second kappa shape index (κ2) is 6.86. The molecule has 7 nitrogen and oxygen atoms in total. The van der Waals surface area contributed by atoms with Crippen molar-refractivity contribution in [3.8, 4) is 17.3 Å². The Bertz CT molecular complexity index is 685. The van der Waals surface area contributed by atoms with Crippen molar-refractivity contribution in [3.05, 3.63) is 36.4 Å². The van der Waals surface area contributed by atoms with Crippen LogP contribution in [0.1, 0.15) is 6.92 Å². The third-order valence-corrected chi connectivity index (χ3v) is 2.52. The van der Waals surface area contributed by atoms with E-state index in [1.165, 1.54) is 0 Å². The molecule has 0 unspecified atom stereocenters. The van der Waals surface area contributed by atoms with Crippen molar-refractivity contribution in [2.45, 2.75) is 6.92 Å². The van der Waals surface area contributed by atoms with E-state index in [1.807, 2.05) is 30.3 Å². The normalized spacial score (nSPS) is 10.8. The Hall–Kier alpha value is -3.14. The number of carbonyl (C=O) groups excluding carboxylic acids is 1. The summed E-state index contributed by atoms with van der Waals surface area (Å²) in [7, 11) is 0. The Morgan fingerprint density at radius 3 is 2.90 bits per heavy atom. The number of hydrogen-bond donors (Lipinski definition) is 2. The molecule has 2 rings (SSSR count). The zero-order valence-electron chi connectivity index (χ0n) is 11.3. The van der Waals surface area contributed by atoms with Crippen LogP contribution in [0.4, 0.5) is 5.82 Å². The van der Waals surface area contributed by atoms with E-state index in [4.69, 9.17) is 10.00 Å². The zero-order valence-corrected chi connectivity index (χ0v) is 11.3. The number of nitriles is 1. The highest BCUT2D eigenvalue weighted by Crippen LogP contribution is 2.18. The van der Waals surface area contributed by atoms with Crippen LogP contribution in [0, 0.1) is 11.3 Å². The van der Waals surface area contributed by atoms with Crippen LogP contribution in [0.15, 0.2) is 41.5 Å². The summed E-state index contributed by atoms with van der Waals surface area (Å²) in [6, 6.07) is 13.0. The molecular formula is C14H13N5O2. The van der Waals surface area contributed by atoms with Crippen LogP contribution >= 0.6 is 0 Å². The first kappa shape index (κ1) is 14.3. The molecule has 7 heteroatoms. The number of nitrogens with one attached hydrogen (secondary N) is 2. The fraction of sp³-hybridized carbons (Fsp3) is 0.143. The molecule has 2 N–H and O–H groups in total. The van der Waals surface area contributed by atoms with Crippen LogP contribution in [0.2, 0.25) is 0 Å². The van der Waals surface area contributed by atoms with Crippen LogP contribution in [-0.2, 0) is 9.53 Å². The van der Waals surface area contributed by atoms with Gasteiger partial charge in [0.25, 0.3) is 0 Å². The molecule has 0 spiro atoms. The van der Waals surface area contributed by atoms with Crippen molar-refractivity contribution in [1.82, 2.24) is 10.2 Å². The smallest absolute Gasteiger partial charge is 0.369 e. The van der Waals surface area contributed by atoms with Crippen LogP contribution < -0.4 is 5.43 Å². The van der Waals surface area contributed by atoms with Crippen molar-refractivity contribution < 1.29 is 9.53 Å². The number of nitrogens with zero attached hydrogens (tertiary/aromatic N) is 3. The van der Waals surface area contributed by atoms with Crippen molar-refractivity contribution in [2.75, 3.05) is 12.0 Å². The van der Waals surface area contributed by atoms with E-state index in [1.54, 1.807) is 19.1 Å². The highest BCUT2D eigenvalue weighted by molar-refractivity contribution is 6.43. The summed E-state index contributed by atoms with van der Waals surface area (Å²) in [5.74, 6) is -0.378. The van der Waals surface area contributed by atoms with E-state index in [2.05, 4.69) is 20.7 Å². The maximum absolute atomic E-state index is 11.4. The minimum absolute atomic E-state index is 0.181. The number of hydrogen-bond acceptors (Lipinski definition) is 6. The van der Waals surface area contributed by atoms with E-state index >= 15 is 0 Å². The molecular weight excluding hydrogens is 270 g/mol. The van der Waals surface area contributed by atoms with Gasteiger partial charge in [0.2, 0.25) is 5.71 Å². The summed E-state index contributed by atoms with van der Waals surface area (Å²) in [5.41, 5.74) is 3.95. The summed E-state index contributed by atoms with van der Waals surface area (Å²) in [5, 5.41) is 19.4. The van der Waals surface area contributed by atoms with Gasteiger partial charge in [0, 0.05) is 6.07 Å². The minimum Gasteiger partial charge on any atom is -0.461 e. The molecule has 0 amide bonds. The van der Waals surface area contributed by atoms with Crippen molar-refractivity contribution >= 4 is 17.5 Å². The third kappa shape index (κ3) is 3.67. The molecule has 0 radical (unpaired) electrons. The van der Waals surface area contributed by atoms with Gasteiger partial charge in [0.15, 0.2) is 5.82 Å². The maximum Gasteiger partial charge on any atom is 0.369 e. The lowest BCUT2D eigenvalue weighted by Crippen LogP contribution is -2.17. The molecule has 1 aromatic carbocycles. The van der Waals surface area contributed by atoms with E-state index in [0.717, 1.165) is 11.3 Å². The predicted octanol–water partition coefficient (Wildman–Crippen LogP) is 1.93. The Morgan fingerprint density at radius 2 is 2.24 bits per heavy atom. The number of ether oxygens (including phenoxy) is 1. The molecule has 2 aromatic rings. The molecule has 21 heavy (non-hydrogen) atoms. The lowest BCUT2D eigenvalue weighted by atomic mass is 10.2. The second-order valence-electron chi connectivity index (χ2n) is 3.94. The molecule has 0 aliphatic carbocycles. The van der Waals surface area contributed by atoms with Gasteiger partial charge in [-0.05, 0) is 12.5 Å². The first-order valence-electron chi connectivity index (χ1n) is 6.26. The summed E-state index contributed by atoms with van der Waals surface area (Å²) < 4.78 is 4.70. The lowest BCUT2D eigenvalue weighted by molar-refractivity contribution is -0.134. The van der Waals surface area contributed by atoms with Crippen LogP contribution in [0.5, 0.6) is 0 Å². The number of carbonyl (C=O) groups is 1. The van der Waals surface area contributed by atoms with Crippen LogP contribution in [0.3, 0.4) is 0 Å².